The quantitative estimate of drug-likeness (QED) is 0.220. The van der Waals surface area contributed by atoms with Crippen LogP contribution in [0, 0.1) is 0 Å². The molecule has 0 radical (unpaired) electrons. The molecule has 0 saturated heterocycles. The summed E-state index contributed by atoms with van der Waals surface area (Å²) in [5.74, 6) is -0.127. The number of primary amides is 2. The molecule has 0 spiro atoms. The lowest BCUT2D eigenvalue weighted by Crippen LogP contribution is -2.39. The lowest BCUT2D eigenvalue weighted by Gasteiger charge is -2.01. The van der Waals surface area contributed by atoms with Gasteiger partial charge in [0.15, 0.2) is 0 Å². The molecule has 30 heavy (non-hydrogen) atoms. The molecule has 10 N–H and O–H groups in total. The number of carbonyl (C=O) groups excluding carboxylic acids is 2. The van der Waals surface area contributed by atoms with Crippen LogP contribution in [0.3, 0.4) is 0 Å². The Labute approximate surface area is 201 Å². The maximum absolute atomic E-state index is 10.5. The van der Waals surface area contributed by atoms with Crippen LogP contribution in [0.25, 0.3) is 0 Å². The van der Waals surface area contributed by atoms with Crippen LogP contribution in [0.15, 0.2) is 59.8 Å². The van der Waals surface area contributed by atoms with Crippen LogP contribution in [0.1, 0.15) is 0 Å². The van der Waals surface area contributed by atoms with E-state index in [0.29, 0.717) is 16.4 Å². The Balaban J connectivity index is 0.000000300. The fraction of sp³-hybridized carbons (Fsp3) is 0. The second kappa shape index (κ2) is 12.4. The van der Waals surface area contributed by atoms with Gasteiger partial charge in [0.05, 0.1) is 16.4 Å². The number of urea groups is 2. The smallest absolute Gasteiger partial charge is 0.318 e. The highest BCUT2D eigenvalue weighted by Crippen LogP contribution is 2.27. The van der Waals surface area contributed by atoms with Gasteiger partial charge in [0.2, 0.25) is 11.9 Å². The molecule has 4 amide bonds. The number of halogens is 4. The van der Waals surface area contributed by atoms with Crippen molar-refractivity contribution in [2.45, 2.75) is 0 Å². The predicted molar refractivity (Wildman–Crippen MR) is 129 cm³/mol. The Morgan fingerprint density at radius 1 is 0.733 bits per heavy atom. The Hall–Kier alpha value is -2.35. The molecule has 0 heterocycles. The first kappa shape index (κ1) is 25.7. The normalized spacial score (nSPS) is 11.2. The molecule has 2 rings (SSSR count). The summed E-state index contributed by atoms with van der Waals surface area (Å²) in [7, 11) is 0. The Morgan fingerprint density at radius 2 is 1.17 bits per heavy atom. The topological polar surface area (TPSA) is 187 Å². The third kappa shape index (κ3) is 9.91. The van der Waals surface area contributed by atoms with Crippen molar-refractivity contribution >= 4 is 94.7 Å². The molecule has 0 fully saturated rings. The Kier molecular flexibility index (Phi) is 10.6. The van der Waals surface area contributed by atoms with Gasteiger partial charge in [-0.2, -0.15) is 0 Å². The number of nitrogens with one attached hydrogen (secondary N) is 2. The highest BCUT2D eigenvalue weighted by atomic mass is 79.9. The molecule has 2 aromatic rings. The van der Waals surface area contributed by atoms with Crippen molar-refractivity contribution in [3.8, 4) is 0 Å². The first-order chi connectivity index (χ1) is 14.0. The maximum Gasteiger partial charge on any atom is 0.318 e. The maximum atomic E-state index is 10.5. The van der Waals surface area contributed by atoms with Gasteiger partial charge in [-0.25, -0.2) is 19.6 Å². The van der Waals surface area contributed by atoms with E-state index in [1.165, 1.54) is 0 Å². The molecule has 0 bridgehead atoms. The number of aliphatic imine (C=N–C) groups is 2. The average Bonchev–Trinajstić information content (AvgIpc) is 2.60. The first-order valence-electron chi connectivity index (χ1n) is 7.69. The second-order valence-corrected chi connectivity index (χ2v) is 8.14. The van der Waals surface area contributed by atoms with E-state index >= 15 is 0 Å². The van der Waals surface area contributed by atoms with Gasteiger partial charge in [-0.05, 0) is 84.2 Å². The lowest BCUT2D eigenvalue weighted by atomic mass is 10.3. The van der Waals surface area contributed by atoms with Gasteiger partial charge in [0, 0.05) is 13.4 Å². The molecule has 0 aliphatic rings. The monoisotopic (exact) mass is 624 g/mol. The van der Waals surface area contributed by atoms with Crippen molar-refractivity contribution in [2.75, 3.05) is 0 Å². The number of benzene rings is 2. The summed E-state index contributed by atoms with van der Waals surface area (Å²) < 4.78 is 2.50. The van der Waals surface area contributed by atoms with Crippen molar-refractivity contribution in [1.29, 1.82) is 0 Å². The van der Waals surface area contributed by atoms with Gasteiger partial charge in [-0.1, -0.05) is 11.6 Å². The van der Waals surface area contributed by atoms with Crippen molar-refractivity contribution in [1.82, 2.24) is 10.6 Å². The van der Waals surface area contributed by atoms with Crippen LogP contribution in [0.2, 0.25) is 5.02 Å². The highest BCUT2D eigenvalue weighted by molar-refractivity contribution is 9.13. The van der Waals surface area contributed by atoms with Gasteiger partial charge >= 0.3 is 12.1 Å². The van der Waals surface area contributed by atoms with E-state index < -0.39 is 12.1 Å². The van der Waals surface area contributed by atoms with Crippen molar-refractivity contribution in [2.24, 2.45) is 32.9 Å². The summed E-state index contributed by atoms with van der Waals surface area (Å²) in [6, 6.07) is 8.79. The first-order valence-corrected chi connectivity index (χ1v) is 10.4. The zero-order valence-corrected chi connectivity index (χ0v) is 20.5. The number of carbonyl (C=O) groups is 2. The van der Waals surface area contributed by atoms with Gasteiger partial charge in [0.25, 0.3) is 0 Å². The van der Waals surface area contributed by atoms with Crippen LogP contribution in [-0.2, 0) is 0 Å². The fourth-order valence-corrected chi connectivity index (χ4v) is 2.73. The Morgan fingerprint density at radius 3 is 1.57 bits per heavy atom. The minimum atomic E-state index is -0.764. The van der Waals surface area contributed by atoms with Gasteiger partial charge < -0.3 is 22.9 Å². The van der Waals surface area contributed by atoms with Crippen LogP contribution in [-0.4, -0.2) is 24.0 Å². The minimum Gasteiger partial charge on any atom is -0.369 e. The molecule has 0 aromatic heterocycles. The molecule has 14 heteroatoms. The van der Waals surface area contributed by atoms with E-state index in [4.69, 9.17) is 34.5 Å². The van der Waals surface area contributed by atoms with Crippen molar-refractivity contribution < 1.29 is 9.59 Å². The number of hydrogen-bond donors (Lipinski definition) is 6. The summed E-state index contributed by atoms with van der Waals surface area (Å²) >= 11 is 15.7. The van der Waals surface area contributed by atoms with Crippen LogP contribution in [0.4, 0.5) is 21.0 Å². The number of nitrogens with zero attached hydrogens (tertiary/aromatic N) is 2. The summed E-state index contributed by atoms with van der Waals surface area (Å²) in [6.07, 6.45) is 0. The zero-order chi connectivity index (χ0) is 22.8. The summed E-state index contributed by atoms with van der Waals surface area (Å²) in [5.41, 5.74) is 21.6. The third-order valence-electron chi connectivity index (χ3n) is 2.81. The second-order valence-electron chi connectivity index (χ2n) is 5.17. The highest BCUT2D eigenvalue weighted by Gasteiger charge is 2.01. The molecule has 0 saturated carbocycles. The lowest BCUT2D eigenvalue weighted by molar-refractivity contribution is 0.252. The number of amides is 4. The molecule has 0 aliphatic heterocycles. The number of hydrogen-bond acceptors (Lipinski definition) is 4. The van der Waals surface area contributed by atoms with E-state index in [-0.39, 0.29) is 11.9 Å². The number of rotatable bonds is 2. The van der Waals surface area contributed by atoms with E-state index in [1.807, 2.05) is 0 Å². The molecular formula is C16H16Br3ClN8O2. The molecule has 10 nitrogen and oxygen atoms in total. The summed E-state index contributed by atoms with van der Waals surface area (Å²) in [4.78, 5) is 28.7. The van der Waals surface area contributed by atoms with Crippen LogP contribution < -0.4 is 33.6 Å². The molecular weight excluding hydrogens is 611 g/mol. The molecule has 0 unspecified atom stereocenters. The van der Waals surface area contributed by atoms with Gasteiger partial charge in [0.1, 0.15) is 0 Å². The summed E-state index contributed by atoms with van der Waals surface area (Å²) in [5, 5.41) is 4.80. The van der Waals surface area contributed by atoms with Gasteiger partial charge in [-0.15, -0.1) is 0 Å². The Bertz CT molecular complexity index is 921. The minimum absolute atomic E-state index is 0.0447. The van der Waals surface area contributed by atoms with Crippen molar-refractivity contribution in [3.05, 3.63) is 54.8 Å². The predicted octanol–water partition coefficient (Wildman–Crippen LogP) is 3.54. The molecule has 0 atom stereocenters. The third-order valence-corrected chi connectivity index (χ3v) is 5.92. The average molecular weight is 628 g/mol. The molecule has 2 aromatic carbocycles. The standard InChI is InChI=1S/C8H8Br2N4O.C8H8BrClN4O/c2*9-5-2-1-4(3-6(5)10)13-7(11)14-8(12)15/h2*1-3H,(H5,11,12,13,14,15). The van der Waals surface area contributed by atoms with E-state index in [2.05, 4.69) is 68.4 Å². The van der Waals surface area contributed by atoms with E-state index in [1.54, 1.807) is 36.4 Å². The van der Waals surface area contributed by atoms with Crippen molar-refractivity contribution in [3.63, 3.8) is 0 Å². The summed E-state index contributed by atoms with van der Waals surface area (Å²) in [6.45, 7) is 0. The number of guanidine groups is 2. The SMILES string of the molecule is NC(=O)NC(N)=Nc1ccc(Br)c(Br)c1.NC(=O)NC(N)=Nc1ccc(Br)c(Cl)c1. The van der Waals surface area contributed by atoms with E-state index in [0.717, 1.165) is 13.4 Å². The fourth-order valence-electron chi connectivity index (χ4n) is 1.70. The largest absolute Gasteiger partial charge is 0.369 e. The zero-order valence-electron chi connectivity index (χ0n) is 15.0. The van der Waals surface area contributed by atoms with E-state index in [9.17, 15) is 9.59 Å². The molecule has 0 aliphatic carbocycles. The molecule has 160 valence electrons. The van der Waals surface area contributed by atoms with Gasteiger partial charge in [-0.3, -0.25) is 10.6 Å². The number of nitrogens with two attached hydrogens (primary N) is 4. The van der Waals surface area contributed by atoms with Crippen LogP contribution >= 0.6 is 59.4 Å². The van der Waals surface area contributed by atoms with Crippen LogP contribution in [0.5, 0.6) is 0 Å².